The quantitative estimate of drug-likeness (QED) is 0.414. The van der Waals surface area contributed by atoms with Crippen LogP contribution in [0.1, 0.15) is 32.1 Å². The van der Waals surface area contributed by atoms with E-state index in [1.165, 1.54) is 24.0 Å². The van der Waals surface area contributed by atoms with Crippen LogP contribution < -0.4 is 5.73 Å². The molecule has 3 N–H and O–H groups in total. The molecule has 2 amide bonds. The lowest BCUT2D eigenvalue weighted by atomic mass is 10.1. The predicted octanol–water partition coefficient (Wildman–Crippen LogP) is 4.33. The fourth-order valence-electron chi connectivity index (χ4n) is 3.90. The molecule has 0 saturated heterocycles. The van der Waals surface area contributed by atoms with Gasteiger partial charge in [0.15, 0.2) is 0 Å². The third-order valence-corrected chi connectivity index (χ3v) is 7.96. The SMILES string of the molecule is Cc1c(C(=O)N(C)Cc2ccccc2Cl)[nH]c(C(N)=O)c1S(=O)(=O)c1ccc2ccccc2c1. The van der Waals surface area contributed by atoms with E-state index in [2.05, 4.69) is 4.98 Å². The Morgan fingerprint density at radius 1 is 0.971 bits per heavy atom. The maximum absolute atomic E-state index is 13.6. The van der Waals surface area contributed by atoms with Crippen LogP contribution in [0.15, 0.2) is 76.5 Å². The van der Waals surface area contributed by atoms with Crippen LogP contribution in [0, 0.1) is 6.92 Å². The second-order valence-corrected chi connectivity index (χ2v) is 10.3. The second kappa shape index (κ2) is 8.96. The number of nitrogens with zero attached hydrogens (tertiary/aromatic N) is 1. The van der Waals surface area contributed by atoms with Gasteiger partial charge in [0.25, 0.3) is 11.8 Å². The number of carbonyl (C=O) groups excluding carboxylic acids is 2. The molecule has 0 aliphatic carbocycles. The first-order valence-corrected chi connectivity index (χ1v) is 12.2. The molecule has 1 heterocycles. The van der Waals surface area contributed by atoms with Crippen molar-refractivity contribution in [3.63, 3.8) is 0 Å². The molecule has 0 fully saturated rings. The van der Waals surface area contributed by atoms with Crippen molar-refractivity contribution in [2.75, 3.05) is 7.05 Å². The zero-order chi connectivity index (χ0) is 24.6. The van der Waals surface area contributed by atoms with Gasteiger partial charge in [-0.05, 0) is 47.0 Å². The third-order valence-electron chi connectivity index (χ3n) is 5.66. The molecule has 1 aromatic heterocycles. The Balaban J connectivity index is 1.78. The third kappa shape index (κ3) is 4.18. The maximum Gasteiger partial charge on any atom is 0.270 e. The zero-order valence-electron chi connectivity index (χ0n) is 18.5. The number of aromatic amines is 1. The average molecular weight is 496 g/mol. The molecule has 174 valence electrons. The summed E-state index contributed by atoms with van der Waals surface area (Å²) in [5, 5.41) is 2.11. The number of nitrogens with two attached hydrogens (primary N) is 1. The fourth-order valence-corrected chi connectivity index (χ4v) is 5.78. The Labute approximate surface area is 202 Å². The number of hydrogen-bond donors (Lipinski definition) is 2. The first-order valence-electron chi connectivity index (χ1n) is 10.4. The number of benzene rings is 3. The molecule has 0 aliphatic heterocycles. The Hall–Kier alpha value is -3.62. The van der Waals surface area contributed by atoms with E-state index < -0.39 is 21.7 Å². The number of amides is 2. The van der Waals surface area contributed by atoms with Crippen molar-refractivity contribution in [1.82, 2.24) is 9.88 Å². The summed E-state index contributed by atoms with van der Waals surface area (Å²) < 4.78 is 27.2. The summed E-state index contributed by atoms with van der Waals surface area (Å²) in [6, 6.07) is 19.1. The molecule has 0 unspecified atom stereocenters. The van der Waals surface area contributed by atoms with Crippen LogP contribution in [0.25, 0.3) is 10.8 Å². The highest BCUT2D eigenvalue weighted by atomic mass is 35.5. The number of sulfone groups is 1. The van der Waals surface area contributed by atoms with Crippen LogP contribution in [0.2, 0.25) is 5.02 Å². The Morgan fingerprint density at radius 3 is 2.29 bits per heavy atom. The highest BCUT2D eigenvalue weighted by molar-refractivity contribution is 7.91. The highest BCUT2D eigenvalue weighted by Gasteiger charge is 2.32. The van der Waals surface area contributed by atoms with Crippen molar-refractivity contribution in [2.24, 2.45) is 5.73 Å². The molecule has 7 nitrogen and oxygen atoms in total. The van der Waals surface area contributed by atoms with Gasteiger partial charge in [0.05, 0.1) is 4.90 Å². The van der Waals surface area contributed by atoms with Crippen molar-refractivity contribution in [3.8, 4) is 0 Å². The monoisotopic (exact) mass is 495 g/mol. The number of carbonyl (C=O) groups is 2. The molecular formula is C25H22ClN3O4S. The van der Waals surface area contributed by atoms with Crippen molar-refractivity contribution < 1.29 is 18.0 Å². The predicted molar refractivity (Wildman–Crippen MR) is 131 cm³/mol. The van der Waals surface area contributed by atoms with Gasteiger partial charge in [-0.15, -0.1) is 0 Å². The minimum atomic E-state index is -4.16. The van der Waals surface area contributed by atoms with Crippen LogP contribution in [-0.4, -0.2) is 37.2 Å². The van der Waals surface area contributed by atoms with Gasteiger partial charge in [0, 0.05) is 18.6 Å². The van der Waals surface area contributed by atoms with E-state index >= 15 is 0 Å². The maximum atomic E-state index is 13.6. The molecule has 0 aliphatic rings. The van der Waals surface area contributed by atoms with Gasteiger partial charge in [-0.3, -0.25) is 9.59 Å². The van der Waals surface area contributed by atoms with E-state index in [1.807, 2.05) is 12.1 Å². The first-order chi connectivity index (χ1) is 16.1. The molecule has 4 aromatic rings. The zero-order valence-corrected chi connectivity index (χ0v) is 20.1. The summed E-state index contributed by atoms with van der Waals surface area (Å²) in [5.74, 6) is -1.48. The Bertz CT molecular complexity index is 1540. The first kappa shape index (κ1) is 23.5. The van der Waals surface area contributed by atoms with Crippen LogP contribution >= 0.6 is 11.6 Å². The number of H-pyrrole nitrogens is 1. The standard InChI is InChI=1S/C25H22ClN3O4S/c1-15-21(25(31)29(2)14-18-9-5-6-10-20(18)26)28-22(24(27)30)23(15)34(32,33)19-12-11-16-7-3-4-8-17(16)13-19/h3-13,28H,14H2,1-2H3,(H2,27,30). The van der Waals surface area contributed by atoms with Gasteiger partial charge >= 0.3 is 0 Å². The van der Waals surface area contributed by atoms with Gasteiger partial charge in [0.1, 0.15) is 16.3 Å². The number of halogens is 1. The number of hydrogen-bond acceptors (Lipinski definition) is 4. The van der Waals surface area contributed by atoms with E-state index in [0.717, 1.165) is 16.3 Å². The molecule has 0 bridgehead atoms. The number of rotatable bonds is 6. The topological polar surface area (TPSA) is 113 Å². The minimum absolute atomic E-state index is 0.000721. The fraction of sp³-hybridized carbons (Fsp3) is 0.120. The van der Waals surface area contributed by atoms with Gasteiger partial charge in [0.2, 0.25) is 9.84 Å². The lowest BCUT2D eigenvalue weighted by molar-refractivity contribution is 0.0779. The van der Waals surface area contributed by atoms with E-state index in [1.54, 1.807) is 49.5 Å². The Kier molecular flexibility index (Phi) is 6.20. The molecule has 9 heteroatoms. The summed E-state index contributed by atoms with van der Waals surface area (Å²) in [7, 11) is -2.60. The number of primary amides is 1. The van der Waals surface area contributed by atoms with Gasteiger partial charge in [-0.25, -0.2) is 8.42 Å². The molecule has 0 saturated carbocycles. The van der Waals surface area contributed by atoms with Crippen molar-refractivity contribution >= 4 is 44.0 Å². The van der Waals surface area contributed by atoms with Crippen molar-refractivity contribution in [2.45, 2.75) is 23.3 Å². The van der Waals surface area contributed by atoms with Crippen LogP contribution in [0.4, 0.5) is 0 Å². The lowest BCUT2D eigenvalue weighted by Gasteiger charge is -2.18. The molecule has 4 rings (SSSR count). The number of nitrogens with one attached hydrogen (secondary N) is 1. The summed E-state index contributed by atoms with van der Waals surface area (Å²) >= 11 is 6.20. The second-order valence-electron chi connectivity index (χ2n) is 7.96. The minimum Gasteiger partial charge on any atom is -0.364 e. The smallest absolute Gasteiger partial charge is 0.270 e. The van der Waals surface area contributed by atoms with Gasteiger partial charge in [-0.2, -0.15) is 0 Å². The van der Waals surface area contributed by atoms with E-state index in [-0.39, 0.29) is 33.3 Å². The van der Waals surface area contributed by atoms with E-state index in [4.69, 9.17) is 17.3 Å². The van der Waals surface area contributed by atoms with Crippen LogP contribution in [-0.2, 0) is 16.4 Å². The summed E-state index contributed by atoms with van der Waals surface area (Å²) in [5.41, 5.74) is 5.99. The van der Waals surface area contributed by atoms with Crippen molar-refractivity contribution in [1.29, 1.82) is 0 Å². The molecule has 3 aromatic carbocycles. The van der Waals surface area contributed by atoms with Gasteiger partial charge in [-0.1, -0.05) is 60.1 Å². The summed E-state index contributed by atoms with van der Waals surface area (Å²) in [6.45, 7) is 1.67. The molecular weight excluding hydrogens is 474 g/mol. The van der Waals surface area contributed by atoms with Crippen LogP contribution in [0.3, 0.4) is 0 Å². The van der Waals surface area contributed by atoms with Crippen LogP contribution in [0.5, 0.6) is 0 Å². The summed E-state index contributed by atoms with van der Waals surface area (Å²) in [4.78, 5) is 29.2. The molecule has 0 radical (unpaired) electrons. The molecule has 0 spiro atoms. The molecule has 34 heavy (non-hydrogen) atoms. The number of aromatic nitrogens is 1. The van der Waals surface area contributed by atoms with Crippen molar-refractivity contribution in [3.05, 3.63) is 94.3 Å². The average Bonchev–Trinajstić information content (AvgIpc) is 3.17. The van der Waals surface area contributed by atoms with Gasteiger partial charge < -0.3 is 15.6 Å². The Morgan fingerprint density at radius 2 is 1.62 bits per heavy atom. The summed E-state index contributed by atoms with van der Waals surface area (Å²) in [6.07, 6.45) is 0. The lowest BCUT2D eigenvalue weighted by Crippen LogP contribution is -2.27. The largest absolute Gasteiger partial charge is 0.364 e. The normalized spacial score (nSPS) is 11.5. The molecule has 0 atom stereocenters. The van der Waals surface area contributed by atoms with E-state index in [0.29, 0.717) is 5.02 Å². The van der Waals surface area contributed by atoms with E-state index in [9.17, 15) is 18.0 Å². The highest BCUT2D eigenvalue weighted by Crippen LogP contribution is 2.32. The number of fused-ring (bicyclic) bond motifs is 1.